The lowest BCUT2D eigenvalue weighted by molar-refractivity contribution is -0.139. The first-order valence-electron chi connectivity index (χ1n) is 6.54. The fraction of sp³-hybridized carbons (Fsp3) is 0.333. The van der Waals surface area contributed by atoms with E-state index in [4.69, 9.17) is 15.3 Å². The molecule has 2 atom stereocenters. The van der Waals surface area contributed by atoms with Crippen LogP contribution in [0.25, 0.3) is 0 Å². The van der Waals surface area contributed by atoms with Crippen LogP contribution in [0.5, 0.6) is 0 Å². The van der Waals surface area contributed by atoms with Crippen molar-refractivity contribution in [3.05, 3.63) is 35.4 Å². The average Bonchev–Trinajstić information content (AvgIpc) is 2.74. The summed E-state index contributed by atoms with van der Waals surface area (Å²) in [7, 11) is 0. The lowest BCUT2D eigenvalue weighted by Crippen LogP contribution is -2.37. The molecule has 0 radical (unpaired) electrons. The molecule has 0 heterocycles. The van der Waals surface area contributed by atoms with Crippen LogP contribution >= 0.6 is 0 Å². The second-order valence-electron chi connectivity index (χ2n) is 4.97. The van der Waals surface area contributed by atoms with Crippen LogP contribution in [0.1, 0.15) is 27.6 Å². The van der Waals surface area contributed by atoms with Gasteiger partial charge in [-0.2, -0.15) is 0 Å². The van der Waals surface area contributed by atoms with Gasteiger partial charge in [0.1, 0.15) is 18.8 Å². The molecule has 0 spiro atoms. The molecule has 124 valence electrons. The Morgan fingerprint density at radius 1 is 1.17 bits per heavy atom. The van der Waals surface area contributed by atoms with E-state index in [0.29, 0.717) is 11.1 Å². The molecule has 2 unspecified atom stereocenters. The van der Waals surface area contributed by atoms with Crippen molar-refractivity contribution < 1.29 is 39.6 Å². The maximum atomic E-state index is 11.5. The highest BCUT2D eigenvalue weighted by atomic mass is 16.3. The zero-order valence-electron chi connectivity index (χ0n) is 12.2. The van der Waals surface area contributed by atoms with Gasteiger partial charge in [-0.05, 0) is 6.92 Å². The standard InChI is InChI=1S/C10H8O3.C5H8O5/c1-10(13)8(11)6-4-2-3-5-7(6)9(10)12;6-1-3(8)5(10)4(9)2-7/h2-5,13H,1H3;1,3,5,7-8,10H,2H2. The summed E-state index contributed by atoms with van der Waals surface area (Å²) in [4.78, 5) is 42.9. The number of Topliss-reactive ketones (excluding diaryl/α,β-unsaturated/α-hetero) is 3. The van der Waals surface area contributed by atoms with Crippen LogP contribution in [0.15, 0.2) is 24.3 Å². The zero-order valence-corrected chi connectivity index (χ0v) is 12.2. The SMILES string of the molecule is CC1(O)C(=O)c2ccccc2C1=O.O=CC(O)C(O)C(=O)CO. The van der Waals surface area contributed by atoms with Crippen molar-refractivity contribution >= 4 is 23.6 Å². The summed E-state index contributed by atoms with van der Waals surface area (Å²) in [5.74, 6) is -1.99. The number of carbonyl (C=O) groups is 4. The van der Waals surface area contributed by atoms with Gasteiger partial charge >= 0.3 is 0 Å². The molecule has 0 fully saturated rings. The van der Waals surface area contributed by atoms with Gasteiger partial charge in [-0.1, -0.05) is 24.3 Å². The van der Waals surface area contributed by atoms with E-state index in [1.54, 1.807) is 24.3 Å². The number of hydrogen-bond acceptors (Lipinski definition) is 8. The first-order chi connectivity index (χ1) is 10.7. The summed E-state index contributed by atoms with van der Waals surface area (Å²) in [5, 5.41) is 34.7. The normalized spacial score (nSPS) is 17.6. The van der Waals surface area contributed by atoms with Crippen molar-refractivity contribution in [1.29, 1.82) is 0 Å². The van der Waals surface area contributed by atoms with Gasteiger partial charge < -0.3 is 25.2 Å². The molecule has 23 heavy (non-hydrogen) atoms. The highest BCUT2D eigenvalue weighted by Gasteiger charge is 2.47. The second-order valence-corrected chi connectivity index (χ2v) is 4.97. The Bertz CT molecular complexity index is 597. The number of carbonyl (C=O) groups excluding carboxylic acids is 4. The lowest BCUT2D eigenvalue weighted by atomic mass is 10.0. The van der Waals surface area contributed by atoms with Gasteiger partial charge in [0.05, 0.1) is 0 Å². The molecule has 0 saturated carbocycles. The molecule has 0 aromatic heterocycles. The highest BCUT2D eigenvalue weighted by molar-refractivity contribution is 6.31. The fourth-order valence-electron chi connectivity index (χ4n) is 1.87. The van der Waals surface area contributed by atoms with Crippen LogP contribution in [0, 0.1) is 0 Å². The molecule has 2 rings (SSSR count). The van der Waals surface area contributed by atoms with Gasteiger partial charge in [0.2, 0.25) is 11.6 Å². The van der Waals surface area contributed by atoms with Gasteiger partial charge in [-0.15, -0.1) is 0 Å². The monoisotopic (exact) mass is 324 g/mol. The van der Waals surface area contributed by atoms with Gasteiger partial charge in [0, 0.05) is 11.1 Å². The van der Waals surface area contributed by atoms with Gasteiger partial charge in [-0.3, -0.25) is 14.4 Å². The minimum atomic E-state index is -1.86. The molecule has 0 amide bonds. The molecule has 0 saturated heterocycles. The predicted octanol–water partition coefficient (Wildman–Crippen LogP) is -1.71. The summed E-state index contributed by atoms with van der Waals surface area (Å²) in [5.41, 5.74) is -1.22. The first-order valence-corrected chi connectivity index (χ1v) is 6.54. The van der Waals surface area contributed by atoms with Crippen LogP contribution in [0.3, 0.4) is 0 Å². The molecule has 0 aliphatic heterocycles. The molecule has 8 nitrogen and oxygen atoms in total. The van der Waals surface area contributed by atoms with E-state index < -0.39 is 41.8 Å². The Morgan fingerprint density at radius 2 is 1.61 bits per heavy atom. The van der Waals surface area contributed by atoms with E-state index >= 15 is 0 Å². The summed E-state index contributed by atoms with van der Waals surface area (Å²) >= 11 is 0. The summed E-state index contributed by atoms with van der Waals surface area (Å²) < 4.78 is 0. The molecule has 1 aromatic rings. The fourth-order valence-corrected chi connectivity index (χ4v) is 1.87. The number of ketones is 3. The Hall–Kier alpha value is -2.26. The van der Waals surface area contributed by atoms with Crippen LogP contribution in [-0.4, -0.2) is 68.5 Å². The van der Waals surface area contributed by atoms with Gasteiger partial charge in [-0.25, -0.2) is 0 Å². The number of hydrogen-bond donors (Lipinski definition) is 4. The Morgan fingerprint density at radius 3 is 1.96 bits per heavy atom. The first kappa shape index (κ1) is 18.8. The van der Waals surface area contributed by atoms with Gasteiger partial charge in [0.25, 0.3) is 0 Å². The Balaban J connectivity index is 0.000000241. The number of benzene rings is 1. The topological polar surface area (TPSA) is 149 Å². The summed E-state index contributed by atoms with van der Waals surface area (Å²) in [6, 6.07) is 6.45. The Labute approximate surface area is 131 Å². The molecule has 1 aromatic carbocycles. The second kappa shape index (κ2) is 7.34. The van der Waals surface area contributed by atoms with Crippen LogP contribution in [0.2, 0.25) is 0 Å². The number of fused-ring (bicyclic) bond motifs is 1. The number of rotatable bonds is 4. The molecular formula is C15H16O8. The largest absolute Gasteiger partial charge is 0.388 e. The average molecular weight is 324 g/mol. The van der Waals surface area contributed by atoms with Crippen molar-refractivity contribution in [2.75, 3.05) is 6.61 Å². The number of aliphatic hydroxyl groups is 4. The van der Waals surface area contributed by atoms with Crippen molar-refractivity contribution in [2.45, 2.75) is 24.7 Å². The maximum absolute atomic E-state index is 11.5. The molecular weight excluding hydrogens is 308 g/mol. The lowest BCUT2D eigenvalue weighted by Gasteiger charge is -2.10. The molecule has 0 bridgehead atoms. The summed E-state index contributed by atoms with van der Waals surface area (Å²) in [6.45, 7) is 0.351. The van der Waals surface area contributed by atoms with Crippen molar-refractivity contribution in [1.82, 2.24) is 0 Å². The van der Waals surface area contributed by atoms with Crippen molar-refractivity contribution in [3.8, 4) is 0 Å². The van der Waals surface area contributed by atoms with E-state index in [9.17, 15) is 24.3 Å². The van der Waals surface area contributed by atoms with Crippen LogP contribution in [-0.2, 0) is 9.59 Å². The van der Waals surface area contributed by atoms with Crippen molar-refractivity contribution in [3.63, 3.8) is 0 Å². The quantitative estimate of drug-likeness (QED) is 0.377. The summed E-state index contributed by atoms with van der Waals surface area (Å²) in [6.07, 6.45) is -3.51. The number of aldehydes is 1. The minimum absolute atomic E-state index is 0.0260. The molecule has 1 aliphatic carbocycles. The highest BCUT2D eigenvalue weighted by Crippen LogP contribution is 2.29. The Kier molecular flexibility index (Phi) is 5.99. The van der Waals surface area contributed by atoms with E-state index in [1.807, 2.05) is 0 Å². The molecule has 8 heteroatoms. The molecule has 1 aliphatic rings. The van der Waals surface area contributed by atoms with Crippen LogP contribution < -0.4 is 0 Å². The van der Waals surface area contributed by atoms with Gasteiger partial charge in [0.15, 0.2) is 17.7 Å². The molecule has 4 N–H and O–H groups in total. The third-order valence-corrected chi connectivity index (χ3v) is 3.25. The maximum Gasteiger partial charge on any atom is 0.202 e. The van der Waals surface area contributed by atoms with E-state index in [1.165, 1.54) is 6.92 Å². The van der Waals surface area contributed by atoms with E-state index in [2.05, 4.69) is 0 Å². The predicted molar refractivity (Wildman–Crippen MR) is 75.9 cm³/mol. The smallest absolute Gasteiger partial charge is 0.202 e. The number of aliphatic hydroxyl groups excluding tert-OH is 3. The third kappa shape index (κ3) is 3.74. The van der Waals surface area contributed by atoms with E-state index in [0.717, 1.165) is 0 Å². The zero-order chi connectivity index (χ0) is 17.8. The minimum Gasteiger partial charge on any atom is -0.388 e. The van der Waals surface area contributed by atoms with E-state index in [-0.39, 0.29) is 6.29 Å². The van der Waals surface area contributed by atoms with Crippen LogP contribution in [0.4, 0.5) is 0 Å². The van der Waals surface area contributed by atoms with Crippen molar-refractivity contribution in [2.24, 2.45) is 0 Å². The third-order valence-electron chi connectivity index (χ3n) is 3.25.